The van der Waals surface area contributed by atoms with Crippen LogP contribution in [0, 0.1) is 6.92 Å². The largest absolute Gasteiger partial charge is 0.452 e. The summed E-state index contributed by atoms with van der Waals surface area (Å²) in [4.78, 5) is 14.9. The van der Waals surface area contributed by atoms with Gasteiger partial charge in [-0.25, -0.2) is 0 Å². The van der Waals surface area contributed by atoms with Crippen LogP contribution in [-0.2, 0) is 6.54 Å². The summed E-state index contributed by atoms with van der Waals surface area (Å²) in [5, 5.41) is 2.16. The third-order valence-electron chi connectivity index (χ3n) is 2.54. The zero-order chi connectivity index (χ0) is 12.4. The molecule has 3 nitrogen and oxygen atoms in total. The first-order valence-electron chi connectivity index (χ1n) is 5.11. The number of hydrogen-bond donors (Lipinski definition) is 0. The number of nitrogens with zero attached hydrogens (tertiary/aromatic N) is 1. The Labute approximate surface area is 109 Å². The van der Waals surface area contributed by atoms with Gasteiger partial charge in [-0.15, -0.1) is 11.3 Å². The van der Waals surface area contributed by atoms with E-state index >= 15 is 0 Å². The number of rotatable bonds is 3. The Hall–Kier alpha value is -1.26. The highest BCUT2D eigenvalue weighted by atomic mass is 35.5. The monoisotopic (exact) mass is 269 g/mol. The van der Waals surface area contributed by atoms with E-state index in [1.54, 1.807) is 29.4 Å². The quantitative estimate of drug-likeness (QED) is 0.853. The average molecular weight is 270 g/mol. The average Bonchev–Trinajstić information content (AvgIpc) is 2.88. The molecule has 0 bridgehead atoms. The van der Waals surface area contributed by atoms with E-state index in [1.165, 1.54) is 16.7 Å². The molecule has 0 aliphatic heterocycles. The van der Waals surface area contributed by atoms with E-state index in [-0.39, 0.29) is 11.1 Å². The second-order valence-electron chi connectivity index (χ2n) is 3.80. The second-order valence-corrected chi connectivity index (χ2v) is 5.14. The van der Waals surface area contributed by atoms with Crippen molar-refractivity contribution in [2.75, 3.05) is 7.05 Å². The summed E-state index contributed by atoms with van der Waals surface area (Å²) in [6.45, 7) is 2.62. The van der Waals surface area contributed by atoms with Gasteiger partial charge in [0.15, 0.2) is 0 Å². The standard InChI is InChI=1S/C12H12ClNO2S/c1-8-4-6-17-10(8)7-14(2)12(15)9-3-5-16-11(9)13/h3-6H,7H2,1-2H3. The van der Waals surface area contributed by atoms with E-state index < -0.39 is 0 Å². The highest BCUT2D eigenvalue weighted by Crippen LogP contribution is 2.21. The van der Waals surface area contributed by atoms with Crippen LogP contribution >= 0.6 is 22.9 Å². The fraction of sp³-hybridized carbons (Fsp3) is 0.250. The van der Waals surface area contributed by atoms with Crippen molar-refractivity contribution in [2.24, 2.45) is 0 Å². The lowest BCUT2D eigenvalue weighted by molar-refractivity contribution is 0.0786. The van der Waals surface area contributed by atoms with Gasteiger partial charge in [-0.05, 0) is 41.6 Å². The Morgan fingerprint density at radius 1 is 1.53 bits per heavy atom. The first-order chi connectivity index (χ1) is 8.09. The summed E-state index contributed by atoms with van der Waals surface area (Å²) in [6.07, 6.45) is 1.42. The normalized spacial score (nSPS) is 10.5. The van der Waals surface area contributed by atoms with Gasteiger partial charge in [-0.3, -0.25) is 4.79 Å². The van der Waals surface area contributed by atoms with Crippen LogP contribution in [0.4, 0.5) is 0 Å². The fourth-order valence-electron chi connectivity index (χ4n) is 1.51. The summed E-state index contributed by atoms with van der Waals surface area (Å²) in [7, 11) is 1.75. The molecule has 2 heterocycles. The van der Waals surface area contributed by atoms with Crippen LogP contribution < -0.4 is 0 Å². The summed E-state index contributed by atoms with van der Waals surface area (Å²) in [5.41, 5.74) is 1.61. The molecule has 0 radical (unpaired) electrons. The van der Waals surface area contributed by atoms with Gasteiger partial charge < -0.3 is 9.32 Å². The van der Waals surface area contributed by atoms with Crippen LogP contribution in [0.2, 0.25) is 5.22 Å². The number of thiophene rings is 1. The van der Waals surface area contributed by atoms with Crippen LogP contribution in [0.3, 0.4) is 0 Å². The number of amides is 1. The third kappa shape index (κ3) is 2.53. The molecule has 5 heteroatoms. The van der Waals surface area contributed by atoms with Gasteiger partial charge in [-0.2, -0.15) is 0 Å². The lowest BCUT2D eigenvalue weighted by Gasteiger charge is -2.16. The molecule has 0 atom stereocenters. The second kappa shape index (κ2) is 4.94. The molecule has 0 unspecified atom stereocenters. The maximum absolute atomic E-state index is 12.1. The molecule has 17 heavy (non-hydrogen) atoms. The van der Waals surface area contributed by atoms with Crippen LogP contribution in [0.25, 0.3) is 0 Å². The third-order valence-corrected chi connectivity index (χ3v) is 3.84. The first-order valence-corrected chi connectivity index (χ1v) is 6.36. The molecule has 1 amide bonds. The molecule has 0 aromatic carbocycles. The predicted molar refractivity (Wildman–Crippen MR) is 68.6 cm³/mol. The van der Waals surface area contributed by atoms with Gasteiger partial charge in [0.2, 0.25) is 5.22 Å². The van der Waals surface area contributed by atoms with Crippen LogP contribution in [0.5, 0.6) is 0 Å². The topological polar surface area (TPSA) is 33.5 Å². The molecule has 0 N–H and O–H groups in total. The van der Waals surface area contributed by atoms with Crippen molar-refractivity contribution in [3.05, 3.63) is 45.0 Å². The predicted octanol–water partition coefficient (Wildman–Crippen LogP) is 3.58. The lowest BCUT2D eigenvalue weighted by Crippen LogP contribution is -2.25. The van der Waals surface area contributed by atoms with E-state index in [1.807, 2.05) is 18.4 Å². The molecule has 0 aliphatic carbocycles. The number of aryl methyl sites for hydroxylation is 1. The maximum Gasteiger partial charge on any atom is 0.258 e. The molecule has 2 aromatic rings. The minimum Gasteiger partial charge on any atom is -0.452 e. The zero-order valence-corrected chi connectivity index (χ0v) is 11.1. The van der Waals surface area contributed by atoms with Crippen molar-refractivity contribution >= 4 is 28.8 Å². The number of halogens is 1. The van der Waals surface area contributed by atoms with Crippen molar-refractivity contribution in [3.63, 3.8) is 0 Å². The Kier molecular flexibility index (Phi) is 3.54. The number of carbonyl (C=O) groups is 1. The van der Waals surface area contributed by atoms with Gasteiger partial charge in [0.25, 0.3) is 5.91 Å². The van der Waals surface area contributed by atoms with Crippen molar-refractivity contribution in [3.8, 4) is 0 Å². The van der Waals surface area contributed by atoms with Gasteiger partial charge in [0.05, 0.1) is 18.4 Å². The molecule has 0 fully saturated rings. The molecule has 2 aromatic heterocycles. The lowest BCUT2D eigenvalue weighted by atomic mass is 10.2. The van der Waals surface area contributed by atoms with Crippen molar-refractivity contribution in [1.82, 2.24) is 4.90 Å². The van der Waals surface area contributed by atoms with Gasteiger partial charge in [0.1, 0.15) is 0 Å². The maximum atomic E-state index is 12.1. The van der Waals surface area contributed by atoms with Gasteiger partial charge in [-0.1, -0.05) is 0 Å². The van der Waals surface area contributed by atoms with Crippen molar-refractivity contribution < 1.29 is 9.21 Å². The highest BCUT2D eigenvalue weighted by Gasteiger charge is 2.18. The minimum atomic E-state index is -0.128. The van der Waals surface area contributed by atoms with Crippen molar-refractivity contribution in [1.29, 1.82) is 0 Å². The van der Waals surface area contributed by atoms with E-state index in [2.05, 4.69) is 0 Å². The minimum absolute atomic E-state index is 0.128. The fourth-order valence-corrected chi connectivity index (χ4v) is 2.66. The molecule has 90 valence electrons. The van der Waals surface area contributed by atoms with Crippen molar-refractivity contribution in [2.45, 2.75) is 13.5 Å². The molecular weight excluding hydrogens is 258 g/mol. The summed E-state index contributed by atoms with van der Waals surface area (Å²) < 4.78 is 4.92. The van der Waals surface area contributed by atoms with Crippen LogP contribution in [0.15, 0.2) is 28.2 Å². The molecule has 0 spiro atoms. The molecule has 2 rings (SSSR count). The van der Waals surface area contributed by atoms with E-state index in [9.17, 15) is 4.79 Å². The Balaban J connectivity index is 2.11. The summed E-state index contributed by atoms with van der Waals surface area (Å²) in [5.74, 6) is -0.128. The molecule has 0 aliphatic rings. The van der Waals surface area contributed by atoms with E-state index in [0.29, 0.717) is 12.1 Å². The van der Waals surface area contributed by atoms with E-state index in [4.69, 9.17) is 16.0 Å². The summed E-state index contributed by atoms with van der Waals surface area (Å²) in [6, 6.07) is 3.63. The number of carbonyl (C=O) groups excluding carboxylic acids is 1. The molecule has 0 saturated carbocycles. The molecule has 0 saturated heterocycles. The summed E-state index contributed by atoms with van der Waals surface area (Å²) >= 11 is 7.43. The Morgan fingerprint density at radius 2 is 2.29 bits per heavy atom. The van der Waals surface area contributed by atoms with Crippen LogP contribution in [-0.4, -0.2) is 17.9 Å². The van der Waals surface area contributed by atoms with Gasteiger partial charge in [0, 0.05) is 11.9 Å². The number of hydrogen-bond acceptors (Lipinski definition) is 3. The first kappa shape index (κ1) is 12.2. The van der Waals surface area contributed by atoms with E-state index in [0.717, 1.165) is 0 Å². The Morgan fingerprint density at radius 3 is 2.82 bits per heavy atom. The highest BCUT2D eigenvalue weighted by molar-refractivity contribution is 7.10. The zero-order valence-electron chi connectivity index (χ0n) is 9.57. The smallest absolute Gasteiger partial charge is 0.258 e. The van der Waals surface area contributed by atoms with Gasteiger partial charge >= 0.3 is 0 Å². The molecular formula is C12H12ClNO2S. The van der Waals surface area contributed by atoms with Crippen LogP contribution in [0.1, 0.15) is 20.8 Å². The SMILES string of the molecule is Cc1ccsc1CN(C)C(=O)c1ccoc1Cl. The Bertz CT molecular complexity index is 532. The number of furan rings is 1.